The Morgan fingerprint density at radius 3 is 2.53 bits per heavy atom. The molecule has 0 aliphatic heterocycles. The van der Waals surface area contributed by atoms with Crippen LogP contribution in [0.4, 0.5) is 11.4 Å². The summed E-state index contributed by atoms with van der Waals surface area (Å²) in [6, 6.07) is 7.80. The van der Waals surface area contributed by atoms with Crippen molar-refractivity contribution in [3.05, 3.63) is 33.8 Å². The molecule has 17 heavy (non-hydrogen) atoms. The molecule has 2 aromatic rings. The molecule has 3 nitrogen and oxygen atoms in total. The summed E-state index contributed by atoms with van der Waals surface area (Å²) in [6.45, 7) is 6.13. The standard InChI is InChI=1S/C13H16N2OS/c1-13(2,3)15-11-8-6-4-5-7-9(8)17-12(16)10(11)14/h4-7,15H,14H2,1-3H3. The van der Waals surface area contributed by atoms with Crippen LogP contribution in [0.1, 0.15) is 20.8 Å². The van der Waals surface area contributed by atoms with Crippen molar-refractivity contribution < 1.29 is 0 Å². The second kappa shape index (κ2) is 4.04. The number of rotatable bonds is 1. The molecule has 0 fully saturated rings. The maximum atomic E-state index is 11.8. The SMILES string of the molecule is CC(C)(C)Nc1c(N)c(=O)sc2ccccc12. The van der Waals surface area contributed by atoms with Crippen LogP contribution < -0.4 is 15.8 Å². The molecule has 0 amide bonds. The fourth-order valence-electron chi connectivity index (χ4n) is 1.67. The van der Waals surface area contributed by atoms with Gasteiger partial charge in [0.05, 0.1) is 5.69 Å². The Morgan fingerprint density at radius 1 is 1.24 bits per heavy atom. The molecule has 1 aromatic carbocycles. The summed E-state index contributed by atoms with van der Waals surface area (Å²) in [6.07, 6.45) is 0. The monoisotopic (exact) mass is 248 g/mol. The fourth-order valence-corrected chi connectivity index (χ4v) is 2.51. The Hall–Kier alpha value is -1.55. The van der Waals surface area contributed by atoms with Crippen LogP contribution >= 0.6 is 11.3 Å². The molecule has 2 rings (SSSR count). The van der Waals surface area contributed by atoms with Crippen LogP contribution in [0.5, 0.6) is 0 Å². The van der Waals surface area contributed by atoms with Crippen LogP contribution in [0, 0.1) is 0 Å². The lowest BCUT2D eigenvalue weighted by Gasteiger charge is -2.24. The molecule has 0 aliphatic rings. The number of nitrogens with two attached hydrogens (primary N) is 1. The van der Waals surface area contributed by atoms with Crippen molar-refractivity contribution in [2.24, 2.45) is 0 Å². The third kappa shape index (κ3) is 2.42. The Bertz CT molecular complexity index is 611. The van der Waals surface area contributed by atoms with Gasteiger partial charge >= 0.3 is 0 Å². The number of nitrogens with one attached hydrogen (secondary N) is 1. The summed E-state index contributed by atoms with van der Waals surface area (Å²) >= 11 is 1.19. The van der Waals surface area contributed by atoms with Crippen LogP contribution in [0.25, 0.3) is 10.1 Å². The van der Waals surface area contributed by atoms with Gasteiger partial charge in [0.2, 0.25) is 0 Å². The molecule has 0 unspecified atom stereocenters. The van der Waals surface area contributed by atoms with Gasteiger partial charge in [0.25, 0.3) is 4.74 Å². The average Bonchev–Trinajstić information content (AvgIpc) is 2.23. The first-order valence-corrected chi connectivity index (χ1v) is 6.29. The third-order valence-corrected chi connectivity index (χ3v) is 3.33. The van der Waals surface area contributed by atoms with E-state index >= 15 is 0 Å². The molecular weight excluding hydrogens is 232 g/mol. The summed E-state index contributed by atoms with van der Waals surface area (Å²) in [7, 11) is 0. The zero-order valence-corrected chi connectivity index (χ0v) is 11.0. The maximum absolute atomic E-state index is 11.8. The number of hydrogen-bond donors (Lipinski definition) is 2. The van der Waals surface area contributed by atoms with Gasteiger partial charge in [0, 0.05) is 15.6 Å². The van der Waals surface area contributed by atoms with Gasteiger partial charge in [0.15, 0.2) is 0 Å². The van der Waals surface area contributed by atoms with Gasteiger partial charge in [-0.3, -0.25) is 4.79 Å². The first-order valence-electron chi connectivity index (χ1n) is 5.48. The predicted molar refractivity (Wildman–Crippen MR) is 75.9 cm³/mol. The minimum Gasteiger partial charge on any atom is -0.393 e. The van der Waals surface area contributed by atoms with Crippen molar-refractivity contribution in [1.29, 1.82) is 0 Å². The van der Waals surface area contributed by atoms with E-state index in [1.54, 1.807) is 0 Å². The van der Waals surface area contributed by atoms with Gasteiger partial charge < -0.3 is 11.1 Å². The van der Waals surface area contributed by atoms with Crippen LogP contribution in [0.3, 0.4) is 0 Å². The van der Waals surface area contributed by atoms with Crippen molar-refractivity contribution in [3.8, 4) is 0 Å². The van der Waals surface area contributed by atoms with Crippen molar-refractivity contribution in [3.63, 3.8) is 0 Å². The normalized spacial score (nSPS) is 11.7. The highest BCUT2D eigenvalue weighted by Gasteiger charge is 2.16. The second-order valence-corrected chi connectivity index (χ2v) is 6.06. The minimum absolute atomic E-state index is 0.0875. The van der Waals surface area contributed by atoms with Gasteiger partial charge in [0.1, 0.15) is 5.69 Å². The number of anilines is 2. The molecule has 0 saturated carbocycles. The van der Waals surface area contributed by atoms with Crippen molar-refractivity contribution in [1.82, 2.24) is 0 Å². The molecule has 0 bridgehead atoms. The van der Waals surface area contributed by atoms with Crippen molar-refractivity contribution in [2.45, 2.75) is 26.3 Å². The Balaban J connectivity index is 2.74. The Morgan fingerprint density at radius 2 is 1.88 bits per heavy atom. The molecule has 90 valence electrons. The first-order chi connectivity index (χ1) is 7.88. The van der Waals surface area contributed by atoms with Crippen molar-refractivity contribution in [2.75, 3.05) is 11.1 Å². The van der Waals surface area contributed by atoms with E-state index in [1.807, 2.05) is 45.0 Å². The van der Waals surface area contributed by atoms with E-state index in [1.165, 1.54) is 11.3 Å². The van der Waals surface area contributed by atoms with Crippen LogP contribution in [0.15, 0.2) is 29.1 Å². The maximum Gasteiger partial charge on any atom is 0.257 e. The quantitative estimate of drug-likeness (QED) is 0.815. The largest absolute Gasteiger partial charge is 0.393 e. The zero-order valence-electron chi connectivity index (χ0n) is 10.2. The summed E-state index contributed by atoms with van der Waals surface area (Å²) < 4.78 is 0.869. The third-order valence-electron chi connectivity index (χ3n) is 2.35. The first kappa shape index (κ1) is 11.9. The van der Waals surface area contributed by atoms with Gasteiger partial charge in [-0.2, -0.15) is 0 Å². The highest BCUT2D eigenvalue weighted by molar-refractivity contribution is 7.16. The smallest absolute Gasteiger partial charge is 0.257 e. The molecule has 4 heteroatoms. The van der Waals surface area contributed by atoms with E-state index in [0.29, 0.717) is 5.69 Å². The Kier molecular flexibility index (Phi) is 2.83. The van der Waals surface area contributed by atoms with E-state index < -0.39 is 0 Å². The lowest BCUT2D eigenvalue weighted by Crippen LogP contribution is -2.27. The molecule has 0 aliphatic carbocycles. The fraction of sp³-hybridized carbons (Fsp3) is 0.308. The average molecular weight is 248 g/mol. The van der Waals surface area contributed by atoms with E-state index in [9.17, 15) is 4.79 Å². The summed E-state index contributed by atoms with van der Waals surface area (Å²) in [5.41, 5.74) is 6.82. The number of nitrogen functional groups attached to an aromatic ring is 1. The summed E-state index contributed by atoms with van der Waals surface area (Å²) in [5.74, 6) is 0. The number of benzene rings is 1. The molecule has 3 N–H and O–H groups in total. The molecule has 0 atom stereocenters. The highest BCUT2D eigenvalue weighted by Crippen LogP contribution is 2.30. The highest BCUT2D eigenvalue weighted by atomic mass is 32.1. The van der Waals surface area contributed by atoms with Gasteiger partial charge in [-0.25, -0.2) is 0 Å². The lowest BCUT2D eigenvalue weighted by molar-refractivity contribution is 0.635. The number of hydrogen-bond acceptors (Lipinski definition) is 4. The molecule has 1 aromatic heterocycles. The summed E-state index contributed by atoms with van der Waals surface area (Å²) in [4.78, 5) is 11.8. The topological polar surface area (TPSA) is 55.1 Å². The lowest BCUT2D eigenvalue weighted by atomic mass is 10.1. The van der Waals surface area contributed by atoms with E-state index in [0.717, 1.165) is 15.8 Å². The van der Waals surface area contributed by atoms with Crippen molar-refractivity contribution >= 4 is 32.8 Å². The molecule has 0 saturated heterocycles. The van der Waals surface area contributed by atoms with Gasteiger partial charge in [-0.1, -0.05) is 29.5 Å². The molecule has 0 radical (unpaired) electrons. The summed E-state index contributed by atoms with van der Waals surface area (Å²) in [5, 5.41) is 4.32. The van der Waals surface area contributed by atoms with Gasteiger partial charge in [-0.15, -0.1) is 0 Å². The number of fused-ring (bicyclic) bond motifs is 1. The van der Waals surface area contributed by atoms with E-state index in [4.69, 9.17) is 5.73 Å². The molecule has 0 spiro atoms. The van der Waals surface area contributed by atoms with Gasteiger partial charge in [-0.05, 0) is 26.8 Å². The van der Waals surface area contributed by atoms with Crippen LogP contribution in [-0.2, 0) is 0 Å². The molecule has 1 heterocycles. The minimum atomic E-state index is -0.130. The second-order valence-electron chi connectivity index (χ2n) is 5.05. The van der Waals surface area contributed by atoms with Crippen LogP contribution in [-0.4, -0.2) is 5.54 Å². The Labute approximate surface area is 104 Å². The van der Waals surface area contributed by atoms with E-state index in [2.05, 4.69) is 5.32 Å². The van der Waals surface area contributed by atoms with E-state index in [-0.39, 0.29) is 10.3 Å². The molecular formula is C13H16N2OS. The predicted octanol–water partition coefficient (Wildman–Crippen LogP) is 3.05. The van der Waals surface area contributed by atoms with Crippen LogP contribution in [0.2, 0.25) is 0 Å². The zero-order chi connectivity index (χ0) is 12.6.